The van der Waals surface area contributed by atoms with Gasteiger partial charge in [0.15, 0.2) is 9.84 Å². The zero-order chi connectivity index (χ0) is 20.6. The molecule has 1 aliphatic heterocycles. The summed E-state index contributed by atoms with van der Waals surface area (Å²) in [5.41, 5.74) is 3.88. The van der Waals surface area contributed by atoms with Gasteiger partial charge in [0, 0.05) is 45.8 Å². The van der Waals surface area contributed by atoms with Gasteiger partial charge in [-0.3, -0.25) is 4.21 Å². The fraction of sp³-hybridized carbons (Fsp3) is 0.130. The van der Waals surface area contributed by atoms with Gasteiger partial charge in [-0.2, -0.15) is 0 Å². The quantitative estimate of drug-likeness (QED) is 0.625. The number of allylic oxidation sites excluding steroid dienone is 1. The maximum absolute atomic E-state index is 11.8. The highest BCUT2D eigenvalue weighted by molar-refractivity contribution is 7.90. The molecule has 0 aromatic heterocycles. The number of hydrogen-bond donors (Lipinski definition) is 0. The third-order valence-corrected chi connectivity index (χ3v) is 6.97. The molecule has 0 amide bonds. The second kappa shape index (κ2) is 7.61. The van der Waals surface area contributed by atoms with E-state index in [2.05, 4.69) is 0 Å². The number of ether oxygens (including phenoxy) is 1. The lowest BCUT2D eigenvalue weighted by atomic mass is 9.92. The summed E-state index contributed by atoms with van der Waals surface area (Å²) in [6.45, 7) is 0. The van der Waals surface area contributed by atoms with E-state index >= 15 is 0 Å². The smallest absolute Gasteiger partial charge is 0.175 e. The number of fused-ring (bicyclic) bond motifs is 1. The van der Waals surface area contributed by atoms with E-state index in [0.29, 0.717) is 12.2 Å². The largest absolute Gasteiger partial charge is 0.456 e. The van der Waals surface area contributed by atoms with Crippen molar-refractivity contribution in [3.05, 3.63) is 89.5 Å². The predicted molar refractivity (Wildman–Crippen MR) is 116 cm³/mol. The van der Waals surface area contributed by atoms with Crippen LogP contribution in [-0.4, -0.2) is 25.1 Å². The minimum Gasteiger partial charge on any atom is -0.456 e. The molecule has 29 heavy (non-hydrogen) atoms. The summed E-state index contributed by atoms with van der Waals surface area (Å²) in [4.78, 5) is 1.04. The molecule has 1 aliphatic rings. The average Bonchev–Trinajstić information content (AvgIpc) is 2.72. The van der Waals surface area contributed by atoms with Crippen LogP contribution >= 0.6 is 0 Å². The summed E-state index contributed by atoms with van der Waals surface area (Å²) < 4.78 is 41.6. The van der Waals surface area contributed by atoms with Crippen molar-refractivity contribution < 1.29 is 17.4 Å². The SMILES string of the molecule is CS(=O)c1ccc(C2=C(c3ccc(S(C)(=O)=O)cc3)Oc3ccccc3C2)cc1. The van der Waals surface area contributed by atoms with Crippen molar-refractivity contribution >= 4 is 32.0 Å². The van der Waals surface area contributed by atoms with Crippen molar-refractivity contribution in [1.82, 2.24) is 0 Å². The van der Waals surface area contributed by atoms with E-state index in [9.17, 15) is 12.6 Å². The predicted octanol–water partition coefficient (Wildman–Crippen LogP) is 4.33. The molecule has 3 aromatic rings. The number of rotatable bonds is 4. The van der Waals surface area contributed by atoms with Crippen LogP contribution in [0.3, 0.4) is 0 Å². The van der Waals surface area contributed by atoms with Crippen LogP contribution in [0.15, 0.2) is 82.6 Å². The van der Waals surface area contributed by atoms with E-state index in [1.807, 2.05) is 48.5 Å². The molecule has 0 bridgehead atoms. The minimum absolute atomic E-state index is 0.273. The Bertz CT molecular complexity index is 1220. The van der Waals surface area contributed by atoms with Crippen LogP contribution in [0.2, 0.25) is 0 Å². The van der Waals surface area contributed by atoms with Gasteiger partial charge in [0.05, 0.1) is 4.90 Å². The van der Waals surface area contributed by atoms with Crippen LogP contribution in [-0.2, 0) is 27.1 Å². The zero-order valence-corrected chi connectivity index (χ0v) is 17.7. The minimum atomic E-state index is -3.26. The van der Waals surface area contributed by atoms with E-state index in [0.717, 1.165) is 32.9 Å². The Labute approximate surface area is 173 Å². The zero-order valence-electron chi connectivity index (χ0n) is 16.1. The summed E-state index contributed by atoms with van der Waals surface area (Å²) in [7, 11) is -4.30. The topological polar surface area (TPSA) is 60.4 Å². The highest BCUT2D eigenvalue weighted by Crippen LogP contribution is 2.39. The first kappa shape index (κ1) is 19.6. The molecule has 1 heterocycles. The van der Waals surface area contributed by atoms with Gasteiger partial charge < -0.3 is 4.74 Å². The van der Waals surface area contributed by atoms with E-state index in [1.165, 1.54) is 6.26 Å². The van der Waals surface area contributed by atoms with Crippen LogP contribution in [0.25, 0.3) is 11.3 Å². The molecule has 0 saturated heterocycles. The molecule has 0 spiro atoms. The molecule has 0 aliphatic carbocycles. The molecule has 4 nitrogen and oxygen atoms in total. The summed E-state index contributed by atoms with van der Waals surface area (Å²) in [6, 6.07) is 22.3. The molecule has 0 saturated carbocycles. The van der Waals surface area contributed by atoms with Gasteiger partial charge in [-0.15, -0.1) is 0 Å². The molecule has 6 heteroatoms. The van der Waals surface area contributed by atoms with E-state index in [-0.39, 0.29) is 4.90 Å². The molecular formula is C23H20O4S2. The second-order valence-corrected chi connectivity index (χ2v) is 10.4. The lowest BCUT2D eigenvalue weighted by Crippen LogP contribution is -2.09. The average molecular weight is 425 g/mol. The lowest BCUT2D eigenvalue weighted by molar-refractivity contribution is 0.502. The van der Waals surface area contributed by atoms with Crippen LogP contribution < -0.4 is 4.74 Å². The van der Waals surface area contributed by atoms with Crippen LogP contribution in [0.5, 0.6) is 5.75 Å². The van der Waals surface area contributed by atoms with Gasteiger partial charge >= 0.3 is 0 Å². The third-order valence-electron chi connectivity index (χ3n) is 4.91. The van der Waals surface area contributed by atoms with Crippen LogP contribution in [0.1, 0.15) is 16.7 Å². The van der Waals surface area contributed by atoms with Crippen molar-refractivity contribution in [2.45, 2.75) is 16.2 Å². The number of para-hydroxylation sites is 1. The van der Waals surface area contributed by atoms with E-state index in [1.54, 1.807) is 30.5 Å². The van der Waals surface area contributed by atoms with Crippen molar-refractivity contribution in [2.24, 2.45) is 0 Å². The standard InChI is InChI=1S/C23H20O4S2/c1-28(24)19-11-7-16(8-12-19)21-15-18-5-3-4-6-22(18)27-23(21)17-9-13-20(14-10-17)29(2,25)26/h3-14H,15H2,1-2H3. The van der Waals surface area contributed by atoms with Gasteiger partial charge in [0.1, 0.15) is 11.5 Å². The summed E-state index contributed by atoms with van der Waals surface area (Å²) in [5, 5.41) is 0. The molecule has 4 rings (SSSR count). The third kappa shape index (κ3) is 4.04. The monoisotopic (exact) mass is 424 g/mol. The Morgan fingerprint density at radius 2 is 1.48 bits per heavy atom. The van der Waals surface area contributed by atoms with Crippen LogP contribution in [0.4, 0.5) is 0 Å². The number of sulfone groups is 1. The Morgan fingerprint density at radius 3 is 2.10 bits per heavy atom. The second-order valence-electron chi connectivity index (χ2n) is 6.97. The van der Waals surface area contributed by atoms with Gasteiger partial charge in [0.2, 0.25) is 0 Å². The van der Waals surface area contributed by atoms with Crippen molar-refractivity contribution in [3.63, 3.8) is 0 Å². The van der Waals surface area contributed by atoms with Crippen molar-refractivity contribution in [2.75, 3.05) is 12.5 Å². The Balaban J connectivity index is 1.83. The molecule has 0 fully saturated rings. The molecule has 0 N–H and O–H groups in total. The number of hydrogen-bond acceptors (Lipinski definition) is 4. The first-order chi connectivity index (χ1) is 13.8. The van der Waals surface area contributed by atoms with E-state index < -0.39 is 20.6 Å². The molecule has 3 aromatic carbocycles. The van der Waals surface area contributed by atoms with Crippen LogP contribution in [0, 0.1) is 0 Å². The van der Waals surface area contributed by atoms with Gasteiger partial charge in [-0.05, 0) is 53.6 Å². The molecular weight excluding hydrogens is 404 g/mol. The maximum Gasteiger partial charge on any atom is 0.175 e. The maximum atomic E-state index is 11.8. The fourth-order valence-corrected chi connectivity index (χ4v) is 4.51. The lowest BCUT2D eigenvalue weighted by Gasteiger charge is -2.24. The number of benzene rings is 3. The van der Waals surface area contributed by atoms with Gasteiger partial charge in [-0.1, -0.05) is 30.3 Å². The Morgan fingerprint density at radius 1 is 0.862 bits per heavy atom. The Hall–Kier alpha value is -2.70. The summed E-state index contributed by atoms with van der Waals surface area (Å²) in [5.74, 6) is 1.50. The van der Waals surface area contributed by atoms with Crippen molar-refractivity contribution in [1.29, 1.82) is 0 Å². The van der Waals surface area contributed by atoms with Gasteiger partial charge in [0.25, 0.3) is 0 Å². The summed E-state index contributed by atoms with van der Waals surface area (Å²) in [6.07, 6.45) is 3.54. The highest BCUT2D eigenvalue weighted by Gasteiger charge is 2.22. The van der Waals surface area contributed by atoms with Gasteiger partial charge in [-0.25, -0.2) is 8.42 Å². The van der Waals surface area contributed by atoms with Crippen molar-refractivity contribution in [3.8, 4) is 5.75 Å². The first-order valence-electron chi connectivity index (χ1n) is 9.06. The fourth-order valence-electron chi connectivity index (χ4n) is 3.36. The highest BCUT2D eigenvalue weighted by atomic mass is 32.2. The first-order valence-corrected chi connectivity index (χ1v) is 12.5. The molecule has 1 unspecified atom stereocenters. The Kier molecular flexibility index (Phi) is 5.15. The molecule has 148 valence electrons. The molecule has 0 radical (unpaired) electrons. The normalized spacial score (nSPS) is 14.8. The summed E-state index contributed by atoms with van der Waals surface area (Å²) >= 11 is 0. The van der Waals surface area contributed by atoms with E-state index in [4.69, 9.17) is 4.74 Å². The molecule has 1 atom stereocenters.